The molecule has 7 nitrogen and oxygen atoms in total. The number of hydrogen-bond acceptors (Lipinski definition) is 5. The number of nitrogens with zero attached hydrogens (tertiary/aromatic N) is 1. The number of urea groups is 1. The molecule has 1 aromatic heterocycles. The Kier molecular flexibility index (Phi) is 6.15. The largest absolute Gasteiger partial charge is 0.338 e. The first kappa shape index (κ1) is 20.8. The maximum atomic E-state index is 12.5. The van der Waals surface area contributed by atoms with Crippen molar-refractivity contribution in [3.05, 3.63) is 84.4 Å². The molecule has 3 N–H and O–H groups in total. The molecule has 0 fully saturated rings. The molecule has 31 heavy (non-hydrogen) atoms. The Balaban J connectivity index is 1.39. The quantitative estimate of drug-likeness (QED) is 0.385. The van der Waals surface area contributed by atoms with Gasteiger partial charge in [0.05, 0.1) is 15.1 Å². The number of rotatable bonds is 7. The number of thiazole rings is 1. The zero-order valence-corrected chi connectivity index (χ0v) is 18.0. The van der Waals surface area contributed by atoms with Crippen LogP contribution < -0.4 is 15.4 Å². The Labute approximate surface area is 184 Å². The van der Waals surface area contributed by atoms with Crippen LogP contribution in [0.4, 0.5) is 15.6 Å². The second-order valence-corrected chi connectivity index (χ2v) is 9.45. The second kappa shape index (κ2) is 9.15. The average molecular weight is 453 g/mol. The maximum Gasteiger partial charge on any atom is 0.319 e. The van der Waals surface area contributed by atoms with E-state index in [4.69, 9.17) is 0 Å². The van der Waals surface area contributed by atoms with Gasteiger partial charge < -0.3 is 10.6 Å². The fourth-order valence-electron chi connectivity index (χ4n) is 2.96. The van der Waals surface area contributed by atoms with Crippen LogP contribution in [-0.4, -0.2) is 26.0 Å². The lowest BCUT2D eigenvalue weighted by molar-refractivity contribution is 0.252. The molecule has 0 atom stereocenters. The molecule has 0 unspecified atom stereocenters. The van der Waals surface area contributed by atoms with Crippen molar-refractivity contribution < 1.29 is 13.2 Å². The first-order valence-corrected chi connectivity index (χ1v) is 11.9. The highest BCUT2D eigenvalue weighted by Gasteiger charge is 2.16. The number of benzene rings is 3. The van der Waals surface area contributed by atoms with Gasteiger partial charge in [-0.3, -0.25) is 4.72 Å². The SMILES string of the molecule is O=C(NCCc1ccccc1)Nc1ccc2nc(NS(=O)(=O)c3ccccc3)sc2c1. The molecule has 4 rings (SSSR count). The summed E-state index contributed by atoms with van der Waals surface area (Å²) in [5.74, 6) is 0. The van der Waals surface area contributed by atoms with Gasteiger partial charge >= 0.3 is 6.03 Å². The summed E-state index contributed by atoms with van der Waals surface area (Å²) < 4.78 is 28.2. The number of carbonyl (C=O) groups excluding carboxylic acids is 1. The van der Waals surface area contributed by atoms with Gasteiger partial charge in [-0.1, -0.05) is 59.9 Å². The molecule has 0 aliphatic heterocycles. The van der Waals surface area contributed by atoms with E-state index >= 15 is 0 Å². The van der Waals surface area contributed by atoms with Gasteiger partial charge in [-0.25, -0.2) is 18.2 Å². The molecule has 158 valence electrons. The highest BCUT2D eigenvalue weighted by Crippen LogP contribution is 2.29. The highest BCUT2D eigenvalue weighted by atomic mass is 32.2. The van der Waals surface area contributed by atoms with Gasteiger partial charge in [0.25, 0.3) is 10.0 Å². The van der Waals surface area contributed by atoms with E-state index in [0.717, 1.165) is 16.7 Å². The van der Waals surface area contributed by atoms with Crippen molar-refractivity contribution in [3.63, 3.8) is 0 Å². The van der Waals surface area contributed by atoms with Crippen molar-refractivity contribution in [2.45, 2.75) is 11.3 Å². The van der Waals surface area contributed by atoms with Gasteiger partial charge in [-0.2, -0.15) is 0 Å². The second-order valence-electron chi connectivity index (χ2n) is 6.74. The van der Waals surface area contributed by atoms with Crippen LogP contribution >= 0.6 is 11.3 Å². The molecule has 0 spiro atoms. The summed E-state index contributed by atoms with van der Waals surface area (Å²) in [6.07, 6.45) is 0.743. The molecule has 3 aromatic carbocycles. The van der Waals surface area contributed by atoms with Gasteiger partial charge in [0.15, 0.2) is 5.13 Å². The van der Waals surface area contributed by atoms with Crippen LogP contribution in [0.25, 0.3) is 10.2 Å². The van der Waals surface area contributed by atoms with Gasteiger partial charge in [0, 0.05) is 12.2 Å². The van der Waals surface area contributed by atoms with Crippen molar-refractivity contribution in [2.24, 2.45) is 0 Å². The number of fused-ring (bicyclic) bond motifs is 1. The Morgan fingerprint density at radius 2 is 1.65 bits per heavy atom. The minimum atomic E-state index is -3.71. The summed E-state index contributed by atoms with van der Waals surface area (Å²) in [5.41, 5.74) is 2.40. The first-order valence-electron chi connectivity index (χ1n) is 9.57. The number of hydrogen-bond donors (Lipinski definition) is 3. The van der Waals surface area contributed by atoms with E-state index < -0.39 is 10.0 Å². The van der Waals surface area contributed by atoms with Crippen molar-refractivity contribution in [1.82, 2.24) is 10.3 Å². The van der Waals surface area contributed by atoms with Gasteiger partial charge in [0.2, 0.25) is 0 Å². The van der Waals surface area contributed by atoms with E-state index in [1.807, 2.05) is 30.3 Å². The van der Waals surface area contributed by atoms with E-state index in [0.29, 0.717) is 17.7 Å². The summed E-state index contributed by atoms with van der Waals surface area (Å²) in [7, 11) is -3.71. The monoisotopic (exact) mass is 452 g/mol. The maximum absolute atomic E-state index is 12.5. The van der Waals surface area contributed by atoms with Crippen LogP contribution in [0.1, 0.15) is 5.56 Å². The molecule has 9 heteroatoms. The molecule has 0 saturated carbocycles. The zero-order chi connectivity index (χ0) is 21.7. The molecule has 0 bridgehead atoms. The molecular weight excluding hydrogens is 432 g/mol. The number of sulfonamides is 1. The van der Waals surface area contributed by atoms with E-state index in [1.54, 1.807) is 36.4 Å². The zero-order valence-electron chi connectivity index (χ0n) is 16.4. The lowest BCUT2D eigenvalue weighted by Gasteiger charge is -2.07. The topological polar surface area (TPSA) is 100 Å². The van der Waals surface area contributed by atoms with E-state index in [9.17, 15) is 13.2 Å². The lowest BCUT2D eigenvalue weighted by atomic mass is 10.1. The smallest absolute Gasteiger partial charge is 0.319 e. The Bertz CT molecular complexity index is 1290. The normalized spacial score (nSPS) is 11.2. The number of anilines is 2. The molecule has 0 radical (unpaired) electrons. The molecule has 1 heterocycles. The number of nitrogens with one attached hydrogen (secondary N) is 3. The van der Waals surface area contributed by atoms with Gasteiger partial charge in [0.1, 0.15) is 0 Å². The molecule has 2 amide bonds. The molecule has 4 aromatic rings. The number of aromatic nitrogens is 1. The van der Waals surface area contributed by atoms with Crippen LogP contribution in [-0.2, 0) is 16.4 Å². The summed E-state index contributed by atoms with van der Waals surface area (Å²) in [4.78, 5) is 16.7. The first-order chi connectivity index (χ1) is 15.0. The van der Waals surface area contributed by atoms with Crippen LogP contribution in [0.5, 0.6) is 0 Å². The van der Waals surface area contributed by atoms with Crippen LogP contribution in [0.2, 0.25) is 0 Å². The Morgan fingerprint density at radius 3 is 2.39 bits per heavy atom. The van der Waals surface area contributed by atoms with Gasteiger partial charge in [-0.05, 0) is 42.3 Å². The highest BCUT2D eigenvalue weighted by molar-refractivity contribution is 7.93. The Morgan fingerprint density at radius 1 is 0.935 bits per heavy atom. The average Bonchev–Trinajstić information content (AvgIpc) is 3.16. The molecular formula is C22H20N4O3S2. The number of amides is 2. The van der Waals surface area contributed by atoms with Gasteiger partial charge in [-0.15, -0.1) is 0 Å². The van der Waals surface area contributed by atoms with Crippen molar-refractivity contribution >= 4 is 48.4 Å². The molecule has 0 saturated heterocycles. The third-order valence-corrected chi connectivity index (χ3v) is 6.88. The van der Waals surface area contributed by atoms with E-state index in [2.05, 4.69) is 20.3 Å². The predicted octanol–water partition coefficient (Wildman–Crippen LogP) is 4.46. The van der Waals surface area contributed by atoms with Crippen molar-refractivity contribution in [2.75, 3.05) is 16.6 Å². The third kappa shape index (κ3) is 5.39. The summed E-state index contributed by atoms with van der Waals surface area (Å²) in [5, 5.41) is 5.89. The van der Waals surface area contributed by atoms with E-state index in [-0.39, 0.29) is 16.1 Å². The van der Waals surface area contributed by atoms with E-state index in [1.165, 1.54) is 23.5 Å². The number of carbonyl (C=O) groups is 1. The van der Waals surface area contributed by atoms with Crippen LogP contribution in [0, 0.1) is 0 Å². The summed E-state index contributed by atoms with van der Waals surface area (Å²) in [6.45, 7) is 0.518. The van der Waals surface area contributed by atoms with Crippen LogP contribution in [0.15, 0.2) is 83.8 Å². The van der Waals surface area contributed by atoms with Crippen molar-refractivity contribution in [3.8, 4) is 0 Å². The summed E-state index contributed by atoms with van der Waals surface area (Å²) >= 11 is 1.20. The third-order valence-electron chi connectivity index (χ3n) is 4.46. The minimum absolute atomic E-state index is 0.170. The predicted molar refractivity (Wildman–Crippen MR) is 124 cm³/mol. The van der Waals surface area contributed by atoms with Crippen LogP contribution in [0.3, 0.4) is 0 Å². The fraction of sp³-hybridized carbons (Fsp3) is 0.0909. The molecule has 0 aliphatic rings. The Hall–Kier alpha value is -3.43. The van der Waals surface area contributed by atoms with Crippen molar-refractivity contribution in [1.29, 1.82) is 0 Å². The standard InChI is InChI=1S/C22H20N4O3S2/c27-21(23-14-13-16-7-3-1-4-8-16)24-17-11-12-19-20(15-17)30-22(25-19)26-31(28,29)18-9-5-2-6-10-18/h1-12,15H,13-14H2,(H,25,26)(H2,23,24,27). The fourth-order valence-corrected chi connectivity index (χ4v) is 5.12. The molecule has 0 aliphatic carbocycles. The summed E-state index contributed by atoms with van der Waals surface area (Å²) in [6, 6.07) is 23.0. The lowest BCUT2D eigenvalue weighted by Crippen LogP contribution is -2.30. The minimum Gasteiger partial charge on any atom is -0.338 e.